The number of hydrogen-bond donors (Lipinski definition) is 2. The Balaban J connectivity index is 1.58. The van der Waals surface area contributed by atoms with Crippen molar-refractivity contribution >= 4 is 28.3 Å². The molecule has 6 heteroatoms. The van der Waals surface area contributed by atoms with Crippen LogP contribution in [-0.2, 0) is 17.8 Å². The van der Waals surface area contributed by atoms with Crippen molar-refractivity contribution in [1.82, 2.24) is 9.55 Å². The number of rotatable bonds is 6. The number of benzene rings is 2. The number of hydrogen-bond acceptors (Lipinski definition) is 4. The molecule has 29 heavy (non-hydrogen) atoms. The van der Waals surface area contributed by atoms with E-state index in [1.165, 1.54) is 23.0 Å². The summed E-state index contributed by atoms with van der Waals surface area (Å²) in [5.74, 6) is 0.365. The summed E-state index contributed by atoms with van der Waals surface area (Å²) in [4.78, 5) is 29.6. The van der Waals surface area contributed by atoms with E-state index in [1.54, 1.807) is 0 Å². The molecule has 1 aliphatic rings. The maximum atomic E-state index is 12.7. The first kappa shape index (κ1) is 19.2. The molecule has 6 nitrogen and oxygen atoms in total. The zero-order valence-electron chi connectivity index (χ0n) is 16.6. The molecular weight excluding hydrogens is 364 g/mol. The number of anilines is 2. The molecule has 0 radical (unpaired) electrons. The van der Waals surface area contributed by atoms with E-state index in [4.69, 9.17) is 0 Å². The van der Waals surface area contributed by atoms with Crippen molar-refractivity contribution in [1.29, 1.82) is 0 Å². The Morgan fingerprint density at radius 1 is 1.10 bits per heavy atom. The van der Waals surface area contributed by atoms with Crippen molar-refractivity contribution in [2.24, 2.45) is 0 Å². The number of carbonyl (C=O) groups excluding carboxylic acids is 1. The van der Waals surface area contributed by atoms with Crippen LogP contribution in [0.4, 0.5) is 11.5 Å². The Kier molecular flexibility index (Phi) is 5.60. The molecule has 4 rings (SSSR count). The Labute approximate surface area is 170 Å². The smallest absolute Gasteiger partial charge is 0.350 e. The number of aryl methyl sites for hydroxylation is 1. The maximum Gasteiger partial charge on any atom is 0.350 e. The summed E-state index contributed by atoms with van der Waals surface area (Å²) in [5.41, 5.74) is 2.22. The van der Waals surface area contributed by atoms with E-state index in [0.717, 1.165) is 30.3 Å². The highest BCUT2D eigenvalue weighted by Gasteiger charge is 2.18. The largest absolute Gasteiger partial charge is 0.367 e. The molecular formula is C23H26N4O2. The lowest BCUT2D eigenvalue weighted by atomic mass is 10.1. The monoisotopic (exact) mass is 390 g/mol. The molecule has 0 atom stereocenters. The van der Waals surface area contributed by atoms with Crippen LogP contribution in [0.5, 0.6) is 0 Å². The molecule has 1 aliphatic carbocycles. The van der Waals surface area contributed by atoms with Gasteiger partial charge in [0.1, 0.15) is 12.4 Å². The Morgan fingerprint density at radius 3 is 2.55 bits per heavy atom. The van der Waals surface area contributed by atoms with Crippen LogP contribution in [0.1, 0.15) is 38.2 Å². The van der Waals surface area contributed by atoms with E-state index in [9.17, 15) is 9.59 Å². The summed E-state index contributed by atoms with van der Waals surface area (Å²) in [5, 5.41) is 7.16. The SMILES string of the molecule is CCc1ccc(NC(=O)Cn2c(=O)nc(NC3CCCC3)c3ccccc32)cc1. The van der Waals surface area contributed by atoms with Crippen LogP contribution in [0.25, 0.3) is 10.9 Å². The Bertz CT molecular complexity index is 1070. The lowest BCUT2D eigenvalue weighted by Gasteiger charge is -2.17. The van der Waals surface area contributed by atoms with Crippen molar-refractivity contribution in [2.75, 3.05) is 10.6 Å². The van der Waals surface area contributed by atoms with Gasteiger partial charge in [-0.2, -0.15) is 4.98 Å². The number of fused-ring (bicyclic) bond motifs is 1. The number of nitrogens with one attached hydrogen (secondary N) is 2. The Morgan fingerprint density at radius 2 is 1.83 bits per heavy atom. The van der Waals surface area contributed by atoms with Gasteiger partial charge in [0.2, 0.25) is 5.91 Å². The highest BCUT2D eigenvalue weighted by Crippen LogP contribution is 2.25. The maximum absolute atomic E-state index is 12.7. The molecule has 3 aromatic rings. The third-order valence-corrected chi connectivity index (χ3v) is 5.53. The minimum Gasteiger partial charge on any atom is -0.367 e. The van der Waals surface area contributed by atoms with Crippen molar-refractivity contribution < 1.29 is 4.79 Å². The van der Waals surface area contributed by atoms with Gasteiger partial charge in [0, 0.05) is 17.1 Å². The van der Waals surface area contributed by atoms with Crippen LogP contribution in [0, 0.1) is 0 Å². The molecule has 0 unspecified atom stereocenters. The van der Waals surface area contributed by atoms with Gasteiger partial charge in [-0.1, -0.05) is 44.0 Å². The van der Waals surface area contributed by atoms with Crippen molar-refractivity contribution in [2.45, 2.75) is 51.6 Å². The van der Waals surface area contributed by atoms with Gasteiger partial charge in [0.05, 0.1) is 5.52 Å². The van der Waals surface area contributed by atoms with E-state index in [0.29, 0.717) is 17.4 Å². The predicted molar refractivity (Wildman–Crippen MR) is 116 cm³/mol. The topological polar surface area (TPSA) is 76.0 Å². The summed E-state index contributed by atoms with van der Waals surface area (Å²) >= 11 is 0. The molecule has 1 fully saturated rings. The van der Waals surface area contributed by atoms with E-state index in [-0.39, 0.29) is 12.5 Å². The Hall–Kier alpha value is -3.15. The average Bonchev–Trinajstić information content (AvgIpc) is 3.24. The number of para-hydroxylation sites is 1. The van der Waals surface area contributed by atoms with Crippen LogP contribution in [0.2, 0.25) is 0 Å². The van der Waals surface area contributed by atoms with Crippen LogP contribution < -0.4 is 16.3 Å². The van der Waals surface area contributed by atoms with E-state index >= 15 is 0 Å². The van der Waals surface area contributed by atoms with Gasteiger partial charge < -0.3 is 10.6 Å². The van der Waals surface area contributed by atoms with Crippen LogP contribution in [0.15, 0.2) is 53.3 Å². The first-order valence-corrected chi connectivity index (χ1v) is 10.3. The first-order chi connectivity index (χ1) is 14.1. The third-order valence-electron chi connectivity index (χ3n) is 5.53. The zero-order chi connectivity index (χ0) is 20.2. The van der Waals surface area contributed by atoms with Gasteiger partial charge in [-0.3, -0.25) is 9.36 Å². The molecule has 2 N–H and O–H groups in total. The van der Waals surface area contributed by atoms with Gasteiger partial charge in [-0.05, 0) is 49.1 Å². The van der Waals surface area contributed by atoms with Gasteiger partial charge >= 0.3 is 5.69 Å². The van der Waals surface area contributed by atoms with Crippen molar-refractivity contribution in [3.8, 4) is 0 Å². The molecule has 0 aliphatic heterocycles. The van der Waals surface area contributed by atoms with E-state index in [1.807, 2.05) is 48.5 Å². The second-order valence-corrected chi connectivity index (χ2v) is 7.57. The average molecular weight is 390 g/mol. The summed E-state index contributed by atoms with van der Waals surface area (Å²) in [6.07, 6.45) is 5.54. The summed E-state index contributed by atoms with van der Waals surface area (Å²) in [7, 11) is 0. The normalized spacial score (nSPS) is 14.2. The summed E-state index contributed by atoms with van der Waals surface area (Å²) < 4.78 is 1.44. The lowest BCUT2D eigenvalue weighted by Crippen LogP contribution is -2.31. The van der Waals surface area contributed by atoms with Gasteiger partial charge in [-0.25, -0.2) is 4.79 Å². The molecule has 1 amide bonds. The van der Waals surface area contributed by atoms with Crippen molar-refractivity contribution in [3.05, 3.63) is 64.6 Å². The summed E-state index contributed by atoms with van der Waals surface area (Å²) in [6, 6.07) is 15.7. The van der Waals surface area contributed by atoms with Gasteiger partial charge in [0.25, 0.3) is 0 Å². The fourth-order valence-corrected chi connectivity index (χ4v) is 3.92. The van der Waals surface area contributed by atoms with E-state index in [2.05, 4.69) is 22.5 Å². The molecule has 2 aromatic carbocycles. The lowest BCUT2D eigenvalue weighted by molar-refractivity contribution is -0.116. The molecule has 1 aromatic heterocycles. The number of nitrogens with zero attached hydrogens (tertiary/aromatic N) is 2. The third kappa shape index (κ3) is 4.31. The molecule has 150 valence electrons. The highest BCUT2D eigenvalue weighted by molar-refractivity contribution is 5.93. The number of amides is 1. The van der Waals surface area contributed by atoms with Crippen LogP contribution >= 0.6 is 0 Å². The molecule has 0 spiro atoms. The molecule has 0 saturated heterocycles. The second-order valence-electron chi connectivity index (χ2n) is 7.57. The number of aromatic nitrogens is 2. The minimum atomic E-state index is -0.416. The summed E-state index contributed by atoms with van der Waals surface area (Å²) in [6.45, 7) is 2.01. The van der Waals surface area contributed by atoms with E-state index < -0.39 is 5.69 Å². The van der Waals surface area contributed by atoms with Gasteiger partial charge in [0.15, 0.2) is 0 Å². The highest BCUT2D eigenvalue weighted by atomic mass is 16.2. The molecule has 0 bridgehead atoms. The zero-order valence-corrected chi connectivity index (χ0v) is 16.6. The minimum absolute atomic E-state index is 0.0778. The van der Waals surface area contributed by atoms with Crippen LogP contribution in [0.3, 0.4) is 0 Å². The predicted octanol–water partition coefficient (Wildman–Crippen LogP) is 3.95. The molecule has 1 heterocycles. The van der Waals surface area contributed by atoms with Crippen LogP contribution in [-0.4, -0.2) is 21.5 Å². The fourth-order valence-electron chi connectivity index (χ4n) is 3.92. The quantitative estimate of drug-likeness (QED) is 0.668. The standard InChI is InChI=1S/C23H26N4O2/c1-2-16-11-13-18(14-12-16)24-21(28)15-27-20-10-6-5-9-19(20)22(26-23(27)29)25-17-7-3-4-8-17/h5-6,9-14,17H,2-4,7-8,15H2,1H3,(H,24,28)(H,25,26,29). The second kappa shape index (κ2) is 8.47. The molecule has 1 saturated carbocycles. The van der Waals surface area contributed by atoms with Crippen molar-refractivity contribution in [3.63, 3.8) is 0 Å². The fraction of sp³-hybridized carbons (Fsp3) is 0.348. The van der Waals surface area contributed by atoms with Gasteiger partial charge in [-0.15, -0.1) is 0 Å². The number of carbonyl (C=O) groups is 1. The first-order valence-electron chi connectivity index (χ1n) is 10.3.